The van der Waals surface area contributed by atoms with Crippen LogP contribution in [-0.4, -0.2) is 27.4 Å². The molecule has 0 aliphatic heterocycles. The van der Waals surface area contributed by atoms with Gasteiger partial charge in [-0.3, -0.25) is 9.38 Å². The summed E-state index contributed by atoms with van der Waals surface area (Å²) in [6.07, 6.45) is 6.28. The smallest absolute Gasteiger partial charge is 0.337 e. The summed E-state index contributed by atoms with van der Waals surface area (Å²) in [6, 6.07) is 13.6. The molecule has 0 saturated carbocycles. The number of aromatic nitrogens is 3. The van der Waals surface area contributed by atoms with Crippen LogP contribution in [0.4, 0.5) is 11.5 Å². The van der Waals surface area contributed by atoms with Crippen molar-refractivity contribution in [1.29, 1.82) is 0 Å². The van der Waals surface area contributed by atoms with E-state index in [4.69, 9.17) is 9.72 Å². The summed E-state index contributed by atoms with van der Waals surface area (Å²) in [4.78, 5) is 20.7. The zero-order chi connectivity index (χ0) is 20.4. The van der Waals surface area contributed by atoms with E-state index in [1.807, 2.05) is 22.7 Å². The lowest BCUT2D eigenvalue weighted by Gasteiger charge is -2.15. The third kappa shape index (κ3) is 3.45. The number of esters is 1. The summed E-state index contributed by atoms with van der Waals surface area (Å²) in [5, 5.41) is 3.61. The van der Waals surface area contributed by atoms with E-state index in [1.165, 1.54) is 18.2 Å². The number of benzene rings is 2. The standard InChI is InChI=1S/C23H22N4O2/c1-4-16-7-5-6-15(2)20(16)26-22-21(25-19-14-24-12-13-27(19)22)17-8-10-18(11-9-17)23(28)29-3/h5-14,26H,4H2,1-3H3. The number of hydrogen-bond acceptors (Lipinski definition) is 5. The third-order valence-electron chi connectivity index (χ3n) is 4.99. The van der Waals surface area contributed by atoms with Crippen LogP contribution in [0.25, 0.3) is 16.9 Å². The fourth-order valence-corrected chi connectivity index (χ4v) is 3.43. The first-order valence-corrected chi connectivity index (χ1v) is 9.48. The predicted octanol–water partition coefficient (Wildman–Crippen LogP) is 4.80. The number of methoxy groups -OCH3 is 1. The Labute approximate surface area is 169 Å². The fourth-order valence-electron chi connectivity index (χ4n) is 3.43. The molecule has 0 unspecified atom stereocenters. The molecule has 0 radical (unpaired) electrons. The van der Waals surface area contributed by atoms with Gasteiger partial charge in [0.2, 0.25) is 0 Å². The Balaban J connectivity index is 1.85. The summed E-state index contributed by atoms with van der Waals surface area (Å²) in [7, 11) is 1.38. The number of nitrogens with one attached hydrogen (secondary N) is 1. The number of rotatable bonds is 5. The molecule has 0 saturated heterocycles. The van der Waals surface area contributed by atoms with E-state index in [1.54, 1.807) is 24.5 Å². The zero-order valence-corrected chi connectivity index (χ0v) is 16.6. The van der Waals surface area contributed by atoms with Gasteiger partial charge in [0.05, 0.1) is 18.9 Å². The number of carbonyl (C=O) groups excluding carboxylic acids is 1. The Hall–Kier alpha value is -3.67. The van der Waals surface area contributed by atoms with Gasteiger partial charge in [0.1, 0.15) is 11.5 Å². The number of fused-ring (bicyclic) bond motifs is 1. The largest absolute Gasteiger partial charge is 0.465 e. The number of hydrogen-bond donors (Lipinski definition) is 1. The SMILES string of the molecule is CCc1cccc(C)c1Nc1c(-c2ccc(C(=O)OC)cc2)nc2cnccn12. The van der Waals surface area contributed by atoms with E-state index >= 15 is 0 Å². The second-order valence-corrected chi connectivity index (χ2v) is 6.77. The van der Waals surface area contributed by atoms with Crippen molar-refractivity contribution >= 4 is 23.1 Å². The molecule has 2 heterocycles. The number of nitrogens with zero attached hydrogens (tertiary/aromatic N) is 3. The molecular weight excluding hydrogens is 364 g/mol. The Morgan fingerprint density at radius 3 is 2.69 bits per heavy atom. The van der Waals surface area contributed by atoms with Crippen LogP contribution < -0.4 is 5.32 Å². The molecule has 6 nitrogen and oxygen atoms in total. The van der Waals surface area contributed by atoms with E-state index in [9.17, 15) is 4.79 Å². The highest BCUT2D eigenvalue weighted by Gasteiger charge is 2.17. The number of aryl methyl sites for hydroxylation is 2. The van der Waals surface area contributed by atoms with Gasteiger partial charge >= 0.3 is 5.97 Å². The average Bonchev–Trinajstić information content (AvgIpc) is 3.13. The van der Waals surface area contributed by atoms with Crippen LogP contribution in [0.2, 0.25) is 0 Å². The molecule has 2 aromatic heterocycles. The van der Waals surface area contributed by atoms with Crippen molar-refractivity contribution in [2.24, 2.45) is 0 Å². The summed E-state index contributed by atoms with van der Waals surface area (Å²) < 4.78 is 6.78. The highest BCUT2D eigenvalue weighted by molar-refractivity contribution is 5.90. The Morgan fingerprint density at radius 2 is 1.97 bits per heavy atom. The van der Waals surface area contributed by atoms with Gasteiger partial charge in [0.15, 0.2) is 5.65 Å². The first-order valence-electron chi connectivity index (χ1n) is 9.48. The molecule has 0 aliphatic carbocycles. The van der Waals surface area contributed by atoms with Gasteiger partial charge in [-0.25, -0.2) is 9.78 Å². The van der Waals surface area contributed by atoms with Crippen molar-refractivity contribution in [2.75, 3.05) is 12.4 Å². The Kier molecular flexibility index (Phi) is 4.99. The zero-order valence-electron chi connectivity index (χ0n) is 16.6. The van der Waals surface area contributed by atoms with Crippen LogP contribution in [-0.2, 0) is 11.2 Å². The van der Waals surface area contributed by atoms with Crippen molar-refractivity contribution in [1.82, 2.24) is 14.4 Å². The van der Waals surface area contributed by atoms with Crippen LogP contribution in [0.1, 0.15) is 28.4 Å². The molecule has 4 aromatic rings. The topological polar surface area (TPSA) is 68.5 Å². The monoisotopic (exact) mass is 386 g/mol. The number of para-hydroxylation sites is 1. The maximum absolute atomic E-state index is 11.8. The Morgan fingerprint density at radius 1 is 1.17 bits per heavy atom. The normalized spacial score (nSPS) is 10.9. The van der Waals surface area contributed by atoms with Crippen molar-refractivity contribution in [2.45, 2.75) is 20.3 Å². The van der Waals surface area contributed by atoms with Gasteiger partial charge in [-0.05, 0) is 36.6 Å². The minimum Gasteiger partial charge on any atom is -0.465 e. The number of carbonyl (C=O) groups is 1. The number of imidazole rings is 1. The molecule has 1 N–H and O–H groups in total. The second-order valence-electron chi connectivity index (χ2n) is 6.77. The van der Waals surface area contributed by atoms with Gasteiger partial charge in [0.25, 0.3) is 0 Å². The summed E-state index contributed by atoms with van der Waals surface area (Å²) >= 11 is 0. The summed E-state index contributed by atoms with van der Waals surface area (Å²) in [6.45, 7) is 4.24. The Bertz CT molecular complexity index is 1180. The van der Waals surface area contributed by atoms with Gasteiger partial charge in [-0.1, -0.05) is 37.3 Å². The van der Waals surface area contributed by atoms with Crippen molar-refractivity contribution < 1.29 is 9.53 Å². The molecule has 0 amide bonds. The lowest BCUT2D eigenvalue weighted by molar-refractivity contribution is 0.0601. The minimum absolute atomic E-state index is 0.360. The molecule has 0 atom stereocenters. The molecule has 0 fully saturated rings. The molecular formula is C23H22N4O2. The van der Waals surface area contributed by atoms with E-state index < -0.39 is 0 Å². The lowest BCUT2D eigenvalue weighted by atomic mass is 10.1. The van der Waals surface area contributed by atoms with Crippen LogP contribution in [0.3, 0.4) is 0 Å². The predicted molar refractivity (Wildman–Crippen MR) is 114 cm³/mol. The quantitative estimate of drug-likeness (QED) is 0.499. The van der Waals surface area contributed by atoms with Gasteiger partial charge in [-0.2, -0.15) is 0 Å². The maximum atomic E-state index is 11.8. The molecule has 4 rings (SSSR count). The highest BCUT2D eigenvalue weighted by Crippen LogP contribution is 2.33. The molecule has 2 aromatic carbocycles. The van der Waals surface area contributed by atoms with Crippen LogP contribution in [0, 0.1) is 6.92 Å². The van der Waals surface area contributed by atoms with Crippen LogP contribution >= 0.6 is 0 Å². The molecule has 29 heavy (non-hydrogen) atoms. The fraction of sp³-hybridized carbons (Fsp3) is 0.174. The number of anilines is 2. The van der Waals surface area contributed by atoms with E-state index in [-0.39, 0.29) is 5.97 Å². The van der Waals surface area contributed by atoms with Crippen molar-refractivity contribution in [3.05, 3.63) is 77.7 Å². The summed E-state index contributed by atoms with van der Waals surface area (Å²) in [5.41, 5.74) is 6.43. The van der Waals surface area contributed by atoms with Gasteiger partial charge < -0.3 is 10.1 Å². The van der Waals surface area contributed by atoms with Crippen molar-refractivity contribution in [3.63, 3.8) is 0 Å². The molecule has 0 spiro atoms. The second kappa shape index (κ2) is 7.75. The van der Waals surface area contributed by atoms with E-state index in [0.29, 0.717) is 5.56 Å². The lowest BCUT2D eigenvalue weighted by Crippen LogP contribution is -2.02. The van der Waals surface area contributed by atoms with Crippen LogP contribution in [0.15, 0.2) is 61.1 Å². The summed E-state index contributed by atoms with van der Waals surface area (Å²) in [5.74, 6) is 0.499. The van der Waals surface area contributed by atoms with Crippen LogP contribution in [0.5, 0.6) is 0 Å². The molecule has 6 heteroatoms. The average molecular weight is 386 g/mol. The molecule has 0 bridgehead atoms. The highest BCUT2D eigenvalue weighted by atomic mass is 16.5. The van der Waals surface area contributed by atoms with E-state index in [0.717, 1.165) is 34.8 Å². The third-order valence-corrected chi connectivity index (χ3v) is 4.99. The van der Waals surface area contributed by atoms with Gasteiger partial charge in [-0.15, -0.1) is 0 Å². The van der Waals surface area contributed by atoms with Crippen molar-refractivity contribution in [3.8, 4) is 11.3 Å². The molecule has 0 aliphatic rings. The first-order chi connectivity index (χ1) is 14.1. The first kappa shape index (κ1) is 18.7. The van der Waals surface area contributed by atoms with Gasteiger partial charge in [0, 0.05) is 23.6 Å². The molecule has 146 valence electrons. The number of ether oxygens (including phenoxy) is 1. The maximum Gasteiger partial charge on any atom is 0.337 e. The van der Waals surface area contributed by atoms with E-state index in [2.05, 4.69) is 42.3 Å². The minimum atomic E-state index is -0.360.